The number of halogens is 1. The number of rotatable bonds is 35. The molecule has 3 aromatic rings. The Hall–Kier alpha value is -6.06. The van der Waals surface area contributed by atoms with Crippen molar-refractivity contribution >= 4 is 40.6 Å². The van der Waals surface area contributed by atoms with Gasteiger partial charge in [0.2, 0.25) is 17.1 Å². The molecule has 3 fully saturated rings. The van der Waals surface area contributed by atoms with Gasteiger partial charge in [0.25, 0.3) is 0 Å². The lowest BCUT2D eigenvalue weighted by atomic mass is 10.0. The van der Waals surface area contributed by atoms with E-state index in [9.17, 15) is 39.3 Å². The van der Waals surface area contributed by atoms with Crippen LogP contribution < -0.4 is 44.8 Å². The van der Waals surface area contributed by atoms with Crippen LogP contribution in [-0.2, 0) is 24.0 Å². The molecule has 0 aliphatic carbocycles. The van der Waals surface area contributed by atoms with E-state index in [2.05, 4.69) is 46.1 Å². The third-order valence-corrected chi connectivity index (χ3v) is 17.6. The second kappa shape index (κ2) is 47.1. The van der Waals surface area contributed by atoms with Crippen LogP contribution >= 0.6 is 11.6 Å². The van der Waals surface area contributed by atoms with Crippen molar-refractivity contribution in [2.24, 2.45) is 5.73 Å². The summed E-state index contributed by atoms with van der Waals surface area (Å²) in [5, 5.41) is 71.2. The predicted molar refractivity (Wildman–Crippen MR) is 374 cm³/mol. The number of carboxylic acid groups (broad SMARTS) is 2. The van der Waals surface area contributed by atoms with Gasteiger partial charge >= 0.3 is 11.9 Å². The van der Waals surface area contributed by atoms with Gasteiger partial charge in [-0.15, -0.1) is 0 Å². The summed E-state index contributed by atoms with van der Waals surface area (Å²) < 4.78 is 59.1. The SMILES string of the molecule is CCCCCCCC(=O)Cl.O=C(O)[C@H](O)[C@@H](O)C(=O)O.[2H][C@@](O)(c1ccc2c(c1)OCCO2)[C@@H](CN1CCCC1)NC(=O)CCCCCCC.[2H][C@@](O)(c1ccc2c(c1)OCCO2)[C@@H](CN1CCCC1)NC(=O)CCCCCCC.[2H][C@@](O)(c1ccc2c(c1)OCCO2)[C@H](N)CN1CCCC1. The molecule has 3 aromatic carbocycles. The molecule has 2 amide bonds. The number of aliphatic carboxylic acids is 2. The Morgan fingerprint density at radius 3 is 1.03 bits per heavy atom. The van der Waals surface area contributed by atoms with Gasteiger partial charge in [-0.1, -0.05) is 116 Å². The van der Waals surface area contributed by atoms with Gasteiger partial charge in [-0.3, -0.25) is 14.4 Å². The first-order valence-corrected chi connectivity index (χ1v) is 36.1. The first-order valence-electron chi connectivity index (χ1n) is 37.2. The van der Waals surface area contributed by atoms with Gasteiger partial charge in [0.05, 0.1) is 22.3 Å². The summed E-state index contributed by atoms with van der Waals surface area (Å²) >= 11 is 5.15. The molecule has 6 aliphatic rings. The Balaban J connectivity index is 0.000000243. The molecule has 24 nitrogen and oxygen atoms in total. The fourth-order valence-electron chi connectivity index (χ4n) is 11.9. The minimum Gasteiger partial charge on any atom is -0.486 e. The number of carbonyl (C=O) groups excluding carboxylic acids is 3. The Kier molecular flexibility index (Phi) is 37.4. The highest BCUT2D eigenvalue weighted by Crippen LogP contribution is 2.36. The molecule has 552 valence electrons. The quantitative estimate of drug-likeness (QED) is 0.0194. The summed E-state index contributed by atoms with van der Waals surface area (Å²) in [6, 6.07) is 13.1. The fraction of sp³-hybridized carbons (Fsp3) is 0.685. The summed E-state index contributed by atoms with van der Waals surface area (Å²) in [5.41, 5.74) is 7.34. The maximum atomic E-state index is 12.6. The first-order chi connectivity index (χ1) is 48.3. The van der Waals surface area contributed by atoms with E-state index in [1.54, 1.807) is 54.6 Å². The van der Waals surface area contributed by atoms with Crippen LogP contribution in [0.4, 0.5) is 0 Å². The predicted octanol–water partition coefficient (Wildman–Crippen LogP) is 8.77. The molecule has 11 N–H and O–H groups in total. The summed E-state index contributed by atoms with van der Waals surface area (Å²) in [5.74, 6) is -0.214. The Labute approximate surface area is 589 Å². The molecule has 9 rings (SSSR count). The van der Waals surface area contributed by atoms with Crippen molar-refractivity contribution in [2.45, 2.75) is 223 Å². The van der Waals surface area contributed by atoms with Crippen LogP contribution in [0.5, 0.6) is 34.5 Å². The van der Waals surface area contributed by atoms with E-state index in [0.717, 1.165) is 129 Å². The number of carboxylic acids is 2. The third-order valence-electron chi connectivity index (χ3n) is 17.4. The van der Waals surface area contributed by atoms with E-state index in [0.29, 0.717) is 130 Å². The van der Waals surface area contributed by atoms with Gasteiger partial charge in [0.1, 0.15) is 51.8 Å². The molecular weight excluding hydrogens is 1280 g/mol. The molecule has 0 unspecified atom stereocenters. The number of likely N-dealkylation sites (tertiary alicyclic amines) is 3. The number of aliphatic hydroxyl groups is 5. The van der Waals surface area contributed by atoms with E-state index in [-0.39, 0.29) is 17.1 Å². The van der Waals surface area contributed by atoms with Gasteiger partial charge in [-0.05, 0) is 162 Å². The number of nitrogens with one attached hydrogen (secondary N) is 2. The first kappa shape index (κ1) is 77.7. The standard InChI is InChI=1S/2C23H36N2O4.C15H22N2O3.C8H15ClO.C4H6O6/c2*1-2-3-4-5-6-9-22(26)24-19(17-25-12-7-8-13-25)23(27)18-10-11-20-21(16-18)29-15-14-28-20;16-12(10-17-5-1-2-6-17)15(18)11-3-4-13-14(9-11)20-8-7-19-13;1-2-3-4-5-6-7-8(9)10;5-1(3(7)8)2(6)4(9)10/h2*10-11,16,19,23,27H,2-9,12-15,17H2,1H3,(H,24,26);3-4,9,12,15,18H,1-2,5-8,10,16H2;2-7H2,1H3;1-2,5-6H,(H,7,8)(H,9,10)/t2*19-,23-;12-,15-;;1-,2-/m111.1/s1/i2*23D;15D;;. The molecule has 0 aromatic heterocycles. The van der Waals surface area contributed by atoms with Crippen molar-refractivity contribution in [1.82, 2.24) is 25.3 Å². The second-order valence-corrected chi connectivity index (χ2v) is 25.9. The van der Waals surface area contributed by atoms with E-state index in [1.165, 1.54) is 44.9 Å². The maximum absolute atomic E-state index is 12.6. The molecule has 0 saturated carbocycles. The number of amides is 2. The number of aliphatic hydroxyl groups excluding tert-OH is 2. The smallest absolute Gasteiger partial charge is 0.335 e. The molecule has 0 radical (unpaired) electrons. The fourth-order valence-corrected chi connectivity index (χ4v) is 12.0. The number of unbranched alkanes of at least 4 members (excludes halogenated alkanes) is 12. The van der Waals surface area contributed by atoms with Crippen molar-refractivity contribution in [2.75, 3.05) is 98.5 Å². The average molecular weight is 1400 g/mol. The van der Waals surface area contributed by atoms with Crippen molar-refractivity contribution in [3.05, 3.63) is 71.3 Å². The van der Waals surface area contributed by atoms with Crippen LogP contribution in [0.15, 0.2) is 54.6 Å². The third kappa shape index (κ3) is 30.8. The lowest BCUT2D eigenvalue weighted by Gasteiger charge is -2.29. The molecule has 25 heteroatoms. The topological polar surface area (TPSA) is 342 Å². The van der Waals surface area contributed by atoms with E-state index >= 15 is 0 Å². The summed E-state index contributed by atoms with van der Waals surface area (Å²) in [6.45, 7) is 16.5. The highest BCUT2D eigenvalue weighted by atomic mass is 35.5. The molecule has 98 heavy (non-hydrogen) atoms. The van der Waals surface area contributed by atoms with E-state index in [4.69, 9.17) is 70.3 Å². The van der Waals surface area contributed by atoms with Crippen molar-refractivity contribution < 1.29 is 92.3 Å². The van der Waals surface area contributed by atoms with Gasteiger partial charge in [0, 0.05) is 44.9 Å². The van der Waals surface area contributed by atoms with Crippen LogP contribution in [0.1, 0.15) is 214 Å². The Bertz CT molecular complexity index is 2820. The highest BCUT2D eigenvalue weighted by molar-refractivity contribution is 6.63. The summed E-state index contributed by atoms with van der Waals surface area (Å²) in [6.07, 6.45) is 14.5. The van der Waals surface area contributed by atoms with Gasteiger partial charge < -0.3 is 95.2 Å². The number of benzene rings is 3. The maximum Gasteiger partial charge on any atom is 0.335 e. The van der Waals surface area contributed by atoms with Crippen molar-refractivity contribution in [3.8, 4) is 34.5 Å². The molecule has 8 atom stereocenters. The van der Waals surface area contributed by atoms with E-state index in [1.807, 2.05) is 0 Å². The largest absolute Gasteiger partial charge is 0.486 e. The van der Waals surface area contributed by atoms with Crippen molar-refractivity contribution in [1.29, 1.82) is 0 Å². The zero-order chi connectivity index (χ0) is 73.8. The van der Waals surface area contributed by atoms with Gasteiger partial charge in [-0.2, -0.15) is 0 Å². The lowest BCUT2D eigenvalue weighted by molar-refractivity contribution is -0.165. The van der Waals surface area contributed by atoms with Crippen LogP contribution in [0.3, 0.4) is 0 Å². The Morgan fingerprint density at radius 2 is 0.724 bits per heavy atom. The number of hydrogen-bond donors (Lipinski definition) is 10. The number of nitrogens with zero attached hydrogens (tertiary/aromatic N) is 3. The van der Waals surface area contributed by atoms with Crippen LogP contribution in [-0.4, -0.2) is 208 Å². The normalized spacial score (nSPS) is 19.3. The van der Waals surface area contributed by atoms with Gasteiger partial charge in [0.15, 0.2) is 46.7 Å². The summed E-state index contributed by atoms with van der Waals surface area (Å²) in [4.78, 5) is 61.6. The zero-order valence-electron chi connectivity index (χ0n) is 61.1. The minimum atomic E-state index is -2.27. The number of ether oxygens (including phenoxy) is 6. The average Bonchev–Trinajstić information content (AvgIpc) is 1.35. The van der Waals surface area contributed by atoms with Crippen LogP contribution in [0, 0.1) is 0 Å². The van der Waals surface area contributed by atoms with Crippen molar-refractivity contribution in [3.63, 3.8) is 0 Å². The summed E-state index contributed by atoms with van der Waals surface area (Å²) in [7, 11) is 0. The molecule has 0 spiro atoms. The number of carbonyl (C=O) groups is 5. The molecule has 3 saturated heterocycles. The highest BCUT2D eigenvalue weighted by Gasteiger charge is 2.32. The van der Waals surface area contributed by atoms with Crippen LogP contribution in [0.2, 0.25) is 0 Å². The molecule has 6 aliphatic heterocycles. The number of fused-ring (bicyclic) bond motifs is 3. The van der Waals surface area contributed by atoms with Crippen LogP contribution in [0.25, 0.3) is 0 Å². The van der Waals surface area contributed by atoms with Gasteiger partial charge in [-0.25, -0.2) is 9.59 Å². The lowest BCUT2D eigenvalue weighted by Crippen LogP contribution is -2.46. The van der Waals surface area contributed by atoms with E-state index < -0.39 is 60.5 Å². The minimum absolute atomic E-state index is 0.0982. The monoisotopic (exact) mass is 1400 g/mol. The molecule has 0 bridgehead atoms. The Morgan fingerprint density at radius 1 is 0.439 bits per heavy atom. The number of hydrogen-bond acceptors (Lipinski definition) is 20. The zero-order valence-corrected chi connectivity index (χ0v) is 58.8. The number of nitrogens with two attached hydrogens (primary N) is 1. The molecule has 6 heterocycles. The second-order valence-electron chi connectivity index (χ2n) is 25.5. The molecular formula is C73H115ClN6O18.